The van der Waals surface area contributed by atoms with Gasteiger partial charge in [-0.1, -0.05) is 15.9 Å². The Morgan fingerprint density at radius 2 is 2.17 bits per heavy atom. The maximum atomic E-state index is 11.2. The molecule has 0 aromatic carbocycles. The van der Waals surface area contributed by atoms with Gasteiger partial charge in [0.25, 0.3) is 0 Å². The molecule has 0 aromatic heterocycles. The number of carbonyl (C=O) groups excluding carboxylic acids is 1. The average molecular weight is 236 g/mol. The first-order valence-electron chi connectivity index (χ1n) is 4.22. The Kier molecular flexibility index (Phi) is 4.01. The van der Waals surface area contributed by atoms with Crippen LogP contribution in [0.1, 0.15) is 19.8 Å². The second-order valence-electron chi connectivity index (χ2n) is 3.01. The highest BCUT2D eigenvalue weighted by Gasteiger charge is 2.17. The van der Waals surface area contributed by atoms with Gasteiger partial charge in [-0.15, -0.1) is 0 Å². The number of alkyl halides is 1. The minimum Gasteiger partial charge on any atom is -0.381 e. The highest BCUT2D eigenvalue weighted by atomic mass is 79.9. The monoisotopic (exact) mass is 235 g/mol. The Balaban J connectivity index is 2.24. The van der Waals surface area contributed by atoms with Gasteiger partial charge >= 0.3 is 0 Å². The van der Waals surface area contributed by atoms with E-state index in [1.807, 2.05) is 6.92 Å². The second kappa shape index (κ2) is 4.82. The van der Waals surface area contributed by atoms with Crippen LogP contribution in [0, 0.1) is 0 Å². The normalized spacial score (nSPS) is 21.8. The molecule has 1 amide bonds. The summed E-state index contributed by atoms with van der Waals surface area (Å²) in [7, 11) is 0. The van der Waals surface area contributed by atoms with Crippen molar-refractivity contribution in [3.05, 3.63) is 0 Å². The molecule has 1 rings (SSSR count). The minimum absolute atomic E-state index is 0.0712. The number of hydrogen-bond donors (Lipinski definition) is 1. The molecule has 1 fully saturated rings. The predicted molar refractivity (Wildman–Crippen MR) is 50.4 cm³/mol. The minimum atomic E-state index is -0.0969. The Labute approximate surface area is 81.0 Å². The van der Waals surface area contributed by atoms with Crippen molar-refractivity contribution in [1.82, 2.24) is 5.32 Å². The van der Waals surface area contributed by atoms with Gasteiger partial charge in [0.05, 0.1) is 4.83 Å². The molecule has 1 saturated heterocycles. The molecule has 1 atom stereocenters. The summed E-state index contributed by atoms with van der Waals surface area (Å²) >= 11 is 3.22. The topological polar surface area (TPSA) is 38.3 Å². The molecule has 1 heterocycles. The quantitative estimate of drug-likeness (QED) is 0.728. The zero-order valence-corrected chi connectivity index (χ0v) is 8.76. The van der Waals surface area contributed by atoms with Gasteiger partial charge in [-0.3, -0.25) is 4.79 Å². The molecule has 1 unspecified atom stereocenters. The van der Waals surface area contributed by atoms with E-state index in [1.54, 1.807) is 0 Å². The van der Waals surface area contributed by atoms with Crippen LogP contribution in [0.2, 0.25) is 0 Å². The van der Waals surface area contributed by atoms with Crippen LogP contribution in [0.4, 0.5) is 0 Å². The summed E-state index contributed by atoms with van der Waals surface area (Å²) < 4.78 is 5.18. The number of carbonyl (C=O) groups is 1. The van der Waals surface area contributed by atoms with Crippen LogP contribution >= 0.6 is 15.9 Å². The largest absolute Gasteiger partial charge is 0.381 e. The van der Waals surface area contributed by atoms with Crippen LogP contribution in [0.3, 0.4) is 0 Å². The van der Waals surface area contributed by atoms with E-state index in [0.29, 0.717) is 6.04 Å². The van der Waals surface area contributed by atoms with Gasteiger partial charge in [-0.25, -0.2) is 0 Å². The van der Waals surface area contributed by atoms with Crippen molar-refractivity contribution in [2.24, 2.45) is 0 Å². The lowest BCUT2D eigenvalue weighted by Gasteiger charge is -2.23. The van der Waals surface area contributed by atoms with Gasteiger partial charge < -0.3 is 10.1 Å². The van der Waals surface area contributed by atoms with Crippen molar-refractivity contribution < 1.29 is 9.53 Å². The average Bonchev–Trinajstić information content (AvgIpc) is 2.06. The van der Waals surface area contributed by atoms with E-state index in [1.165, 1.54) is 0 Å². The SMILES string of the molecule is CC(Br)C(=O)NC1CCOCC1. The van der Waals surface area contributed by atoms with Crippen molar-refractivity contribution in [2.45, 2.75) is 30.6 Å². The van der Waals surface area contributed by atoms with Crippen molar-refractivity contribution >= 4 is 21.8 Å². The zero-order chi connectivity index (χ0) is 8.97. The molecule has 12 heavy (non-hydrogen) atoms. The van der Waals surface area contributed by atoms with E-state index in [2.05, 4.69) is 21.2 Å². The van der Waals surface area contributed by atoms with Crippen molar-refractivity contribution in [1.29, 1.82) is 0 Å². The first-order chi connectivity index (χ1) is 5.70. The molecule has 0 aliphatic carbocycles. The number of hydrogen-bond acceptors (Lipinski definition) is 2. The Bertz CT molecular complexity index is 155. The smallest absolute Gasteiger partial charge is 0.233 e. The van der Waals surface area contributed by atoms with Crippen LogP contribution < -0.4 is 5.32 Å². The number of rotatable bonds is 2. The van der Waals surface area contributed by atoms with Gasteiger partial charge in [-0.05, 0) is 19.8 Å². The fourth-order valence-corrected chi connectivity index (χ4v) is 1.29. The molecule has 4 heteroatoms. The number of ether oxygens (including phenoxy) is 1. The summed E-state index contributed by atoms with van der Waals surface area (Å²) in [6.45, 7) is 3.36. The summed E-state index contributed by atoms with van der Waals surface area (Å²) in [5.41, 5.74) is 0. The van der Waals surface area contributed by atoms with Crippen LogP contribution in [-0.2, 0) is 9.53 Å². The Morgan fingerprint density at radius 1 is 1.58 bits per heavy atom. The van der Waals surface area contributed by atoms with Crippen molar-refractivity contribution in [3.8, 4) is 0 Å². The highest BCUT2D eigenvalue weighted by Crippen LogP contribution is 2.07. The fourth-order valence-electron chi connectivity index (χ4n) is 1.16. The molecule has 1 aliphatic heterocycles. The standard InChI is InChI=1S/C8H14BrNO2/c1-6(9)8(11)10-7-2-4-12-5-3-7/h6-7H,2-5H2,1H3,(H,10,11). The van der Waals surface area contributed by atoms with Gasteiger partial charge in [-0.2, -0.15) is 0 Å². The third-order valence-corrected chi connectivity index (χ3v) is 2.34. The van der Waals surface area contributed by atoms with Crippen LogP contribution in [-0.4, -0.2) is 30.0 Å². The summed E-state index contributed by atoms with van der Waals surface area (Å²) in [4.78, 5) is 11.1. The fraction of sp³-hybridized carbons (Fsp3) is 0.875. The van der Waals surface area contributed by atoms with E-state index in [9.17, 15) is 4.79 Å². The van der Waals surface area contributed by atoms with Gasteiger partial charge in [0.1, 0.15) is 0 Å². The Hall–Kier alpha value is -0.0900. The van der Waals surface area contributed by atoms with Gasteiger partial charge in [0.15, 0.2) is 0 Å². The van der Waals surface area contributed by atoms with E-state index < -0.39 is 0 Å². The molecule has 70 valence electrons. The lowest BCUT2D eigenvalue weighted by Crippen LogP contribution is -2.41. The van der Waals surface area contributed by atoms with E-state index in [4.69, 9.17) is 4.74 Å². The maximum absolute atomic E-state index is 11.2. The van der Waals surface area contributed by atoms with Crippen LogP contribution in [0.25, 0.3) is 0 Å². The summed E-state index contributed by atoms with van der Waals surface area (Å²) in [6, 6.07) is 0.311. The molecule has 0 saturated carbocycles. The molecule has 0 spiro atoms. The maximum Gasteiger partial charge on any atom is 0.233 e. The summed E-state index contributed by atoms with van der Waals surface area (Å²) in [5.74, 6) is 0.0712. The lowest BCUT2D eigenvalue weighted by molar-refractivity contribution is -0.121. The number of halogens is 1. The molecule has 0 radical (unpaired) electrons. The lowest BCUT2D eigenvalue weighted by atomic mass is 10.1. The van der Waals surface area contributed by atoms with Gasteiger partial charge in [0, 0.05) is 19.3 Å². The van der Waals surface area contributed by atoms with Crippen molar-refractivity contribution in [2.75, 3.05) is 13.2 Å². The zero-order valence-electron chi connectivity index (χ0n) is 7.18. The van der Waals surface area contributed by atoms with Crippen LogP contribution in [0.15, 0.2) is 0 Å². The van der Waals surface area contributed by atoms with E-state index in [-0.39, 0.29) is 10.7 Å². The van der Waals surface area contributed by atoms with E-state index in [0.717, 1.165) is 26.1 Å². The van der Waals surface area contributed by atoms with Gasteiger partial charge in [0.2, 0.25) is 5.91 Å². The van der Waals surface area contributed by atoms with E-state index >= 15 is 0 Å². The first kappa shape index (κ1) is 9.99. The number of amides is 1. The Morgan fingerprint density at radius 3 is 2.67 bits per heavy atom. The second-order valence-corrected chi connectivity index (χ2v) is 4.38. The molecule has 0 aromatic rings. The molecular formula is C8H14BrNO2. The van der Waals surface area contributed by atoms with Crippen molar-refractivity contribution in [3.63, 3.8) is 0 Å². The third-order valence-electron chi connectivity index (χ3n) is 1.93. The van der Waals surface area contributed by atoms with Crippen LogP contribution in [0.5, 0.6) is 0 Å². The predicted octanol–water partition coefficient (Wildman–Crippen LogP) is 1.06. The molecule has 1 N–H and O–H groups in total. The molecule has 0 bridgehead atoms. The highest BCUT2D eigenvalue weighted by molar-refractivity contribution is 9.10. The third kappa shape index (κ3) is 3.11. The summed E-state index contributed by atoms with van der Waals surface area (Å²) in [6.07, 6.45) is 1.87. The summed E-state index contributed by atoms with van der Waals surface area (Å²) in [5, 5.41) is 2.95. The molecule has 1 aliphatic rings. The molecular weight excluding hydrogens is 222 g/mol. The molecule has 3 nitrogen and oxygen atoms in total. The first-order valence-corrected chi connectivity index (χ1v) is 5.14. The number of nitrogens with one attached hydrogen (secondary N) is 1.